The topological polar surface area (TPSA) is 75.3 Å². The maximum atomic E-state index is 12.6. The van der Waals surface area contributed by atoms with Crippen LogP contribution in [0.4, 0.5) is 5.69 Å². The summed E-state index contributed by atoms with van der Waals surface area (Å²) in [5, 5.41) is 2.69. The second-order valence-electron chi connectivity index (χ2n) is 6.32. The summed E-state index contributed by atoms with van der Waals surface area (Å²) in [6.07, 6.45) is 7.58. The number of hydrogen-bond acceptors (Lipinski definition) is 3. The largest absolute Gasteiger partial charge is 0.326 e. The lowest BCUT2D eigenvalue weighted by Crippen LogP contribution is -2.35. The monoisotopic (exact) mass is 338 g/mol. The Labute approximate surface area is 138 Å². The van der Waals surface area contributed by atoms with Crippen LogP contribution in [0, 0.1) is 6.92 Å². The lowest BCUT2D eigenvalue weighted by atomic mass is 9.97. The van der Waals surface area contributed by atoms with Crippen LogP contribution in [-0.2, 0) is 14.8 Å². The highest BCUT2D eigenvalue weighted by Crippen LogP contribution is 2.22. The van der Waals surface area contributed by atoms with Crippen molar-refractivity contribution in [3.8, 4) is 0 Å². The number of nitrogens with one attached hydrogen (secondary N) is 2. The van der Waals surface area contributed by atoms with Crippen LogP contribution in [0.5, 0.6) is 0 Å². The molecule has 1 amide bonds. The minimum atomic E-state index is -3.52. The number of amides is 1. The van der Waals surface area contributed by atoms with Gasteiger partial charge >= 0.3 is 0 Å². The van der Waals surface area contributed by atoms with Gasteiger partial charge in [-0.3, -0.25) is 4.79 Å². The van der Waals surface area contributed by atoms with Crippen LogP contribution in [0.1, 0.15) is 57.4 Å². The van der Waals surface area contributed by atoms with Crippen molar-refractivity contribution in [2.75, 3.05) is 5.32 Å². The van der Waals surface area contributed by atoms with Gasteiger partial charge in [0, 0.05) is 18.7 Å². The molecule has 5 nitrogen and oxygen atoms in total. The van der Waals surface area contributed by atoms with Crippen molar-refractivity contribution in [1.29, 1.82) is 0 Å². The Hall–Kier alpha value is -1.40. The van der Waals surface area contributed by atoms with Crippen LogP contribution < -0.4 is 10.0 Å². The molecule has 1 aliphatic rings. The van der Waals surface area contributed by atoms with E-state index in [9.17, 15) is 13.2 Å². The van der Waals surface area contributed by atoms with Gasteiger partial charge in [0.1, 0.15) is 0 Å². The molecule has 0 radical (unpaired) electrons. The van der Waals surface area contributed by atoms with E-state index >= 15 is 0 Å². The van der Waals surface area contributed by atoms with Gasteiger partial charge in [-0.15, -0.1) is 0 Å². The highest BCUT2D eigenvalue weighted by molar-refractivity contribution is 7.89. The van der Waals surface area contributed by atoms with E-state index in [0.717, 1.165) is 31.2 Å². The van der Waals surface area contributed by atoms with Crippen molar-refractivity contribution in [1.82, 2.24) is 4.72 Å². The smallest absolute Gasteiger partial charge is 0.240 e. The molecule has 0 aromatic heterocycles. The van der Waals surface area contributed by atoms with Crippen molar-refractivity contribution in [2.45, 2.75) is 69.7 Å². The molecule has 6 heteroatoms. The zero-order valence-corrected chi connectivity index (χ0v) is 14.7. The fourth-order valence-electron chi connectivity index (χ4n) is 2.99. The number of sulfonamides is 1. The third-order valence-corrected chi connectivity index (χ3v) is 5.76. The van der Waals surface area contributed by atoms with Crippen molar-refractivity contribution >= 4 is 21.6 Å². The standard InChI is InChI=1S/C17H26N2O3S/c1-13-12-16(10-11-17(13)18-14(2)20)23(21,22)19-15-8-6-4-3-5-7-9-15/h10-12,15,19H,3-9H2,1-2H3,(H,18,20). The highest BCUT2D eigenvalue weighted by atomic mass is 32.2. The van der Waals surface area contributed by atoms with Gasteiger partial charge in [-0.1, -0.05) is 32.1 Å². The Morgan fingerprint density at radius 3 is 2.26 bits per heavy atom. The Morgan fingerprint density at radius 2 is 1.70 bits per heavy atom. The van der Waals surface area contributed by atoms with Gasteiger partial charge in [0.25, 0.3) is 0 Å². The summed E-state index contributed by atoms with van der Waals surface area (Å²) in [5.41, 5.74) is 1.38. The summed E-state index contributed by atoms with van der Waals surface area (Å²) in [6.45, 7) is 3.22. The summed E-state index contributed by atoms with van der Waals surface area (Å²) in [4.78, 5) is 11.4. The Kier molecular flexibility index (Phi) is 6.18. The molecule has 0 bridgehead atoms. The molecule has 2 rings (SSSR count). The molecule has 0 spiro atoms. The lowest BCUT2D eigenvalue weighted by molar-refractivity contribution is -0.114. The zero-order chi connectivity index (χ0) is 16.9. The Bertz CT molecular complexity index is 648. The molecule has 23 heavy (non-hydrogen) atoms. The fraction of sp³-hybridized carbons (Fsp3) is 0.588. The molecule has 1 saturated carbocycles. The molecule has 128 valence electrons. The molecule has 1 fully saturated rings. The van der Waals surface area contributed by atoms with E-state index in [4.69, 9.17) is 0 Å². The van der Waals surface area contributed by atoms with Crippen molar-refractivity contribution in [3.63, 3.8) is 0 Å². The third-order valence-electron chi connectivity index (χ3n) is 4.25. The van der Waals surface area contributed by atoms with E-state index in [1.165, 1.54) is 26.2 Å². The van der Waals surface area contributed by atoms with E-state index in [0.29, 0.717) is 5.69 Å². The first-order valence-corrected chi connectivity index (χ1v) is 9.77. The van der Waals surface area contributed by atoms with Gasteiger partial charge < -0.3 is 5.32 Å². The van der Waals surface area contributed by atoms with Gasteiger partial charge in [-0.05, 0) is 43.5 Å². The predicted octanol–water partition coefficient (Wildman–Crippen LogP) is 3.34. The molecule has 0 heterocycles. The summed E-state index contributed by atoms with van der Waals surface area (Å²) < 4.78 is 28.0. The molecular formula is C17H26N2O3S. The predicted molar refractivity (Wildman–Crippen MR) is 91.9 cm³/mol. The molecule has 0 aliphatic heterocycles. The number of hydrogen-bond donors (Lipinski definition) is 2. The third kappa shape index (κ3) is 5.32. The van der Waals surface area contributed by atoms with Gasteiger partial charge in [-0.25, -0.2) is 13.1 Å². The summed E-state index contributed by atoms with van der Waals surface area (Å²) in [5.74, 6) is -0.170. The minimum Gasteiger partial charge on any atom is -0.326 e. The minimum absolute atomic E-state index is 0.0237. The van der Waals surface area contributed by atoms with E-state index in [-0.39, 0.29) is 16.8 Å². The number of anilines is 1. The van der Waals surface area contributed by atoms with Crippen LogP contribution >= 0.6 is 0 Å². The average molecular weight is 338 g/mol. The van der Waals surface area contributed by atoms with Gasteiger partial charge in [0.15, 0.2) is 0 Å². The number of rotatable bonds is 4. The maximum Gasteiger partial charge on any atom is 0.240 e. The molecule has 0 saturated heterocycles. The second kappa shape index (κ2) is 7.93. The number of aryl methyl sites for hydroxylation is 1. The first kappa shape index (κ1) is 17.9. The average Bonchev–Trinajstić information content (AvgIpc) is 2.43. The molecule has 1 aromatic carbocycles. The SMILES string of the molecule is CC(=O)Nc1ccc(S(=O)(=O)NC2CCCCCCC2)cc1C. The van der Waals surface area contributed by atoms with Gasteiger partial charge in [0.2, 0.25) is 15.9 Å². The first-order chi connectivity index (χ1) is 10.9. The van der Waals surface area contributed by atoms with E-state index < -0.39 is 10.0 Å². The first-order valence-electron chi connectivity index (χ1n) is 8.29. The van der Waals surface area contributed by atoms with Gasteiger partial charge in [-0.2, -0.15) is 0 Å². The highest BCUT2D eigenvalue weighted by Gasteiger charge is 2.21. The molecule has 1 aromatic rings. The molecule has 0 unspecified atom stereocenters. The van der Waals surface area contributed by atoms with E-state index in [1.807, 2.05) is 0 Å². The molecule has 2 N–H and O–H groups in total. The van der Waals surface area contributed by atoms with Crippen LogP contribution in [0.2, 0.25) is 0 Å². The van der Waals surface area contributed by atoms with Crippen molar-refractivity contribution in [2.24, 2.45) is 0 Å². The quantitative estimate of drug-likeness (QED) is 0.884. The summed E-state index contributed by atoms with van der Waals surface area (Å²) in [6, 6.07) is 4.82. The summed E-state index contributed by atoms with van der Waals surface area (Å²) >= 11 is 0. The zero-order valence-electron chi connectivity index (χ0n) is 13.9. The number of carbonyl (C=O) groups is 1. The Balaban J connectivity index is 2.12. The number of benzene rings is 1. The maximum absolute atomic E-state index is 12.6. The molecule has 0 atom stereocenters. The van der Waals surface area contributed by atoms with E-state index in [2.05, 4.69) is 10.0 Å². The van der Waals surface area contributed by atoms with Crippen molar-refractivity contribution < 1.29 is 13.2 Å². The normalized spacial score (nSPS) is 17.3. The van der Waals surface area contributed by atoms with Crippen LogP contribution in [0.15, 0.2) is 23.1 Å². The second-order valence-corrected chi connectivity index (χ2v) is 8.04. The molecular weight excluding hydrogens is 312 g/mol. The van der Waals surface area contributed by atoms with Crippen LogP contribution in [0.25, 0.3) is 0 Å². The van der Waals surface area contributed by atoms with E-state index in [1.54, 1.807) is 25.1 Å². The van der Waals surface area contributed by atoms with Crippen LogP contribution in [0.3, 0.4) is 0 Å². The fourth-order valence-corrected chi connectivity index (χ4v) is 4.38. The Morgan fingerprint density at radius 1 is 1.09 bits per heavy atom. The van der Waals surface area contributed by atoms with Gasteiger partial charge in [0.05, 0.1) is 4.90 Å². The van der Waals surface area contributed by atoms with Crippen molar-refractivity contribution in [3.05, 3.63) is 23.8 Å². The van der Waals surface area contributed by atoms with Crippen LogP contribution in [-0.4, -0.2) is 20.4 Å². The lowest BCUT2D eigenvalue weighted by Gasteiger charge is -2.21. The summed E-state index contributed by atoms with van der Waals surface area (Å²) in [7, 11) is -3.52. The molecule has 1 aliphatic carbocycles. The number of carbonyl (C=O) groups excluding carboxylic acids is 1.